The standard InChI is InChI=1S/C16H12N4OS/c1-2-11-22-16-19-18-15(13-7-4-3-5-8-13)20(16)17-12-14-9-6-10-21-14/h1,3-10,12H,11H2. The van der Waals surface area contributed by atoms with Crippen LogP contribution in [0, 0.1) is 12.3 Å². The van der Waals surface area contributed by atoms with Gasteiger partial charge in [-0.3, -0.25) is 0 Å². The summed E-state index contributed by atoms with van der Waals surface area (Å²) in [6.07, 6.45) is 8.53. The van der Waals surface area contributed by atoms with E-state index in [1.165, 1.54) is 11.8 Å². The lowest BCUT2D eigenvalue weighted by atomic mass is 10.2. The summed E-state index contributed by atoms with van der Waals surface area (Å²) in [6, 6.07) is 13.4. The Bertz CT molecular complexity index is 801. The second-order valence-electron chi connectivity index (χ2n) is 4.24. The molecule has 0 amide bonds. The number of terminal acetylenes is 1. The summed E-state index contributed by atoms with van der Waals surface area (Å²) in [6.45, 7) is 0. The summed E-state index contributed by atoms with van der Waals surface area (Å²) in [7, 11) is 0. The minimum Gasteiger partial charge on any atom is -0.463 e. The topological polar surface area (TPSA) is 56.2 Å². The highest BCUT2D eigenvalue weighted by Crippen LogP contribution is 2.23. The number of benzene rings is 1. The summed E-state index contributed by atoms with van der Waals surface area (Å²) >= 11 is 1.41. The zero-order valence-electron chi connectivity index (χ0n) is 11.6. The Balaban J connectivity index is 2.00. The molecular weight excluding hydrogens is 296 g/mol. The van der Waals surface area contributed by atoms with E-state index in [0.717, 1.165) is 5.56 Å². The number of rotatable bonds is 5. The van der Waals surface area contributed by atoms with Crippen LogP contribution in [0.15, 0.2) is 63.4 Å². The van der Waals surface area contributed by atoms with Gasteiger partial charge in [0, 0.05) is 5.56 Å². The molecule has 0 spiro atoms. The lowest BCUT2D eigenvalue weighted by Gasteiger charge is -2.02. The zero-order valence-corrected chi connectivity index (χ0v) is 12.4. The summed E-state index contributed by atoms with van der Waals surface area (Å²) in [5, 5.41) is 13.4. The van der Waals surface area contributed by atoms with Gasteiger partial charge in [0.25, 0.3) is 0 Å². The van der Waals surface area contributed by atoms with Gasteiger partial charge in [-0.2, -0.15) is 9.78 Å². The summed E-state index contributed by atoms with van der Waals surface area (Å²) in [4.78, 5) is 0. The van der Waals surface area contributed by atoms with Crippen LogP contribution in [0.1, 0.15) is 5.76 Å². The molecule has 5 nitrogen and oxygen atoms in total. The van der Waals surface area contributed by atoms with Gasteiger partial charge >= 0.3 is 0 Å². The Morgan fingerprint density at radius 2 is 2.09 bits per heavy atom. The smallest absolute Gasteiger partial charge is 0.213 e. The molecule has 0 saturated carbocycles. The highest BCUT2D eigenvalue weighted by Gasteiger charge is 2.13. The molecule has 22 heavy (non-hydrogen) atoms. The lowest BCUT2D eigenvalue weighted by molar-refractivity contribution is 0.559. The first kappa shape index (κ1) is 14.2. The van der Waals surface area contributed by atoms with Crippen LogP contribution in [0.25, 0.3) is 11.4 Å². The van der Waals surface area contributed by atoms with E-state index in [9.17, 15) is 0 Å². The maximum Gasteiger partial charge on any atom is 0.213 e. The van der Waals surface area contributed by atoms with Gasteiger partial charge in [0.1, 0.15) is 5.76 Å². The monoisotopic (exact) mass is 308 g/mol. The van der Waals surface area contributed by atoms with Gasteiger partial charge in [-0.25, -0.2) is 0 Å². The minimum absolute atomic E-state index is 0.503. The molecule has 108 valence electrons. The molecule has 6 heteroatoms. The Labute approximate surface area is 132 Å². The van der Waals surface area contributed by atoms with Crippen molar-refractivity contribution in [3.8, 4) is 23.7 Å². The molecule has 0 bridgehead atoms. The zero-order chi connectivity index (χ0) is 15.2. The largest absolute Gasteiger partial charge is 0.463 e. The molecule has 2 heterocycles. The van der Waals surface area contributed by atoms with Gasteiger partial charge in [0.2, 0.25) is 5.16 Å². The van der Waals surface area contributed by atoms with Crippen molar-refractivity contribution in [3.63, 3.8) is 0 Å². The summed E-state index contributed by atoms with van der Waals surface area (Å²) in [5.74, 6) is 4.39. The van der Waals surface area contributed by atoms with E-state index in [-0.39, 0.29) is 0 Å². The molecule has 2 aromatic heterocycles. The average molecular weight is 308 g/mol. The fraction of sp³-hybridized carbons (Fsp3) is 0.0625. The van der Waals surface area contributed by atoms with Crippen LogP contribution in [0.2, 0.25) is 0 Å². The normalized spacial score (nSPS) is 10.9. The Morgan fingerprint density at radius 3 is 2.82 bits per heavy atom. The molecule has 0 unspecified atom stereocenters. The van der Waals surface area contributed by atoms with E-state index in [0.29, 0.717) is 22.5 Å². The number of thioether (sulfide) groups is 1. The molecule has 0 fully saturated rings. The molecule has 0 saturated heterocycles. The van der Waals surface area contributed by atoms with Crippen molar-refractivity contribution in [3.05, 3.63) is 54.5 Å². The van der Waals surface area contributed by atoms with Gasteiger partial charge < -0.3 is 4.42 Å². The summed E-state index contributed by atoms with van der Waals surface area (Å²) < 4.78 is 6.92. The molecule has 0 radical (unpaired) electrons. The molecule has 3 aromatic rings. The van der Waals surface area contributed by atoms with Gasteiger partial charge in [0.15, 0.2) is 5.82 Å². The predicted octanol–water partition coefficient (Wildman–Crippen LogP) is 3.15. The molecule has 0 atom stereocenters. The van der Waals surface area contributed by atoms with Gasteiger partial charge in [-0.05, 0) is 12.1 Å². The Hall–Kier alpha value is -2.78. The predicted molar refractivity (Wildman–Crippen MR) is 86.7 cm³/mol. The quantitative estimate of drug-likeness (QED) is 0.413. The second kappa shape index (κ2) is 6.78. The molecule has 0 aliphatic carbocycles. The van der Waals surface area contributed by atoms with E-state index in [2.05, 4.69) is 21.2 Å². The van der Waals surface area contributed by atoms with Crippen LogP contribution in [0.3, 0.4) is 0 Å². The number of hydrogen-bond acceptors (Lipinski definition) is 5. The maximum atomic E-state index is 5.31. The number of nitrogens with zero attached hydrogens (tertiary/aromatic N) is 4. The first-order valence-corrected chi connectivity index (χ1v) is 7.52. The molecule has 0 aliphatic heterocycles. The van der Waals surface area contributed by atoms with Crippen molar-refractivity contribution in [1.82, 2.24) is 14.9 Å². The van der Waals surface area contributed by atoms with Crippen molar-refractivity contribution in [2.75, 3.05) is 5.75 Å². The van der Waals surface area contributed by atoms with E-state index in [4.69, 9.17) is 10.8 Å². The Morgan fingerprint density at radius 1 is 1.23 bits per heavy atom. The SMILES string of the molecule is C#CCSc1nnc(-c2ccccc2)n1N=Cc1ccco1. The van der Waals surface area contributed by atoms with Crippen LogP contribution >= 0.6 is 11.8 Å². The molecule has 3 rings (SSSR count). The van der Waals surface area contributed by atoms with Crippen LogP contribution in [-0.2, 0) is 0 Å². The Kier molecular flexibility index (Phi) is 4.37. The molecule has 1 aromatic carbocycles. The first-order valence-electron chi connectivity index (χ1n) is 6.53. The number of hydrogen-bond donors (Lipinski definition) is 0. The second-order valence-corrected chi connectivity index (χ2v) is 5.18. The first-order chi connectivity index (χ1) is 10.9. The maximum absolute atomic E-state index is 5.31. The van der Waals surface area contributed by atoms with Gasteiger partial charge in [-0.15, -0.1) is 16.6 Å². The van der Waals surface area contributed by atoms with E-state index < -0.39 is 0 Å². The molecule has 0 aliphatic rings. The van der Waals surface area contributed by atoms with Crippen molar-refractivity contribution >= 4 is 18.0 Å². The fourth-order valence-corrected chi connectivity index (χ4v) is 2.38. The van der Waals surface area contributed by atoms with E-state index in [1.54, 1.807) is 23.2 Å². The third kappa shape index (κ3) is 3.10. The van der Waals surface area contributed by atoms with Crippen molar-refractivity contribution in [2.45, 2.75) is 5.16 Å². The lowest BCUT2D eigenvalue weighted by Crippen LogP contribution is -1.96. The van der Waals surface area contributed by atoms with Crippen molar-refractivity contribution < 1.29 is 4.42 Å². The molecular formula is C16H12N4OS. The average Bonchev–Trinajstić information content (AvgIpc) is 3.21. The van der Waals surface area contributed by atoms with Crippen molar-refractivity contribution in [2.24, 2.45) is 5.10 Å². The van der Waals surface area contributed by atoms with E-state index >= 15 is 0 Å². The summed E-state index contributed by atoms with van der Waals surface area (Å²) in [5.41, 5.74) is 0.930. The van der Waals surface area contributed by atoms with E-state index in [1.807, 2.05) is 36.4 Å². The number of aromatic nitrogens is 3. The van der Waals surface area contributed by atoms with Crippen molar-refractivity contribution in [1.29, 1.82) is 0 Å². The van der Waals surface area contributed by atoms with Gasteiger partial charge in [0.05, 0.1) is 18.2 Å². The highest BCUT2D eigenvalue weighted by atomic mass is 32.2. The van der Waals surface area contributed by atoms with Crippen LogP contribution < -0.4 is 0 Å². The minimum atomic E-state index is 0.503. The van der Waals surface area contributed by atoms with Crippen LogP contribution in [0.5, 0.6) is 0 Å². The van der Waals surface area contributed by atoms with Gasteiger partial charge in [-0.1, -0.05) is 48.0 Å². The fourth-order valence-electron chi connectivity index (χ4n) is 1.81. The third-order valence-electron chi connectivity index (χ3n) is 2.77. The van der Waals surface area contributed by atoms with Crippen LogP contribution in [0.4, 0.5) is 0 Å². The number of furan rings is 1. The highest BCUT2D eigenvalue weighted by molar-refractivity contribution is 7.99. The van der Waals surface area contributed by atoms with Crippen LogP contribution in [-0.4, -0.2) is 26.8 Å². The molecule has 0 N–H and O–H groups in total. The third-order valence-corrected chi connectivity index (χ3v) is 3.60.